The van der Waals surface area contributed by atoms with Crippen LogP contribution in [-0.2, 0) is 4.79 Å². The van der Waals surface area contributed by atoms with Crippen molar-refractivity contribution in [2.75, 3.05) is 14.1 Å². The Balaban J connectivity index is 0. The van der Waals surface area contributed by atoms with Gasteiger partial charge in [0.1, 0.15) is 0 Å². The summed E-state index contributed by atoms with van der Waals surface area (Å²) in [5.41, 5.74) is 0. The maximum atomic E-state index is 9.43. The van der Waals surface area contributed by atoms with Crippen molar-refractivity contribution in [3.63, 3.8) is 0 Å². The topological polar surface area (TPSA) is 46.3 Å². The lowest BCUT2D eigenvalue weighted by molar-refractivity contribution is -0.115. The molecule has 5 heteroatoms. The molecule has 1 amide bonds. The summed E-state index contributed by atoms with van der Waals surface area (Å²) in [6, 6.07) is 0. The van der Waals surface area contributed by atoms with E-state index in [2.05, 4.69) is 0 Å². The molecular formula is C5H15ClN2OSi. The molecule has 0 aromatic rings. The lowest BCUT2D eigenvalue weighted by Crippen LogP contribution is -2.29. The highest BCUT2D eigenvalue weighted by molar-refractivity contribution is 7.17. The lowest BCUT2D eigenvalue weighted by atomic mass is 11.0. The summed E-state index contributed by atoms with van der Waals surface area (Å²) >= 11 is 5.45. The predicted molar refractivity (Wildman–Crippen MR) is 47.3 cm³/mol. The lowest BCUT2D eigenvalue weighted by Gasteiger charge is -1.97. The van der Waals surface area contributed by atoms with Gasteiger partial charge >= 0.3 is 0 Å². The van der Waals surface area contributed by atoms with Gasteiger partial charge in [-0.05, 0) is 13.1 Å². The Kier molecular flexibility index (Phi) is 7.18. The van der Waals surface area contributed by atoms with E-state index in [0.29, 0.717) is 0 Å². The third-order valence-electron chi connectivity index (χ3n) is 0.211. The molecule has 0 aliphatic rings. The first kappa shape index (κ1) is 12.6. The van der Waals surface area contributed by atoms with Gasteiger partial charge in [-0.15, -0.1) is 11.1 Å². The molecule has 10 heavy (non-hydrogen) atoms. The van der Waals surface area contributed by atoms with E-state index in [1.54, 1.807) is 14.1 Å². The van der Waals surface area contributed by atoms with Crippen LogP contribution in [-0.4, -0.2) is 33.0 Å². The van der Waals surface area contributed by atoms with E-state index in [1.165, 1.54) is 4.90 Å². The normalized spacial score (nSPS) is 9.40. The fraction of sp³-hybridized carbons (Fsp3) is 0.800. The number of hydrogen-bond acceptors (Lipinski definition) is 2. The molecule has 0 aliphatic heterocycles. The Morgan fingerprint density at radius 1 is 1.50 bits per heavy atom. The van der Waals surface area contributed by atoms with Crippen LogP contribution in [0.1, 0.15) is 0 Å². The number of rotatable bonds is 1. The average molecular weight is 183 g/mol. The number of amides is 1. The molecule has 62 valence electrons. The molecule has 0 unspecified atom stereocenters. The van der Waals surface area contributed by atoms with E-state index in [9.17, 15) is 4.79 Å². The third kappa shape index (κ3) is 102. The highest BCUT2D eigenvalue weighted by Gasteiger charge is 2.05. The molecule has 0 aromatic heterocycles. The molecule has 0 saturated carbocycles. The van der Waals surface area contributed by atoms with Gasteiger partial charge in [-0.3, -0.25) is 4.79 Å². The summed E-state index contributed by atoms with van der Waals surface area (Å²) in [5.74, 6) is 0. The zero-order valence-electron chi connectivity index (χ0n) is 6.89. The largest absolute Gasteiger partial charge is 0.351 e. The van der Waals surface area contributed by atoms with Gasteiger partial charge in [0.25, 0.3) is 0 Å². The first-order valence-electron chi connectivity index (χ1n) is 2.87. The van der Waals surface area contributed by atoms with E-state index in [-0.39, 0.29) is 0 Å². The summed E-state index contributed by atoms with van der Waals surface area (Å²) in [6.45, 7) is 3.74. The minimum Gasteiger partial charge on any atom is -0.351 e. The number of nitrogens with zero attached hydrogens (tertiary/aromatic N) is 1. The van der Waals surface area contributed by atoms with E-state index in [1.807, 2.05) is 13.1 Å². The van der Waals surface area contributed by atoms with Crippen LogP contribution in [0.15, 0.2) is 0 Å². The molecule has 0 aliphatic carbocycles. The van der Waals surface area contributed by atoms with E-state index < -0.39 is 7.55 Å². The number of nitrogens with two attached hydrogens (primary N) is 1. The standard InChI is InChI=1S/C3H7NO.C2H8ClNSi/c1-4(2)3-5;1-5(2,3)4/h3H,1-2H3;4H2,1-2H3. The maximum Gasteiger partial charge on any atom is 0.217 e. The minimum atomic E-state index is -1.64. The summed E-state index contributed by atoms with van der Waals surface area (Å²) in [5, 5.41) is 5.26. The van der Waals surface area contributed by atoms with Crippen molar-refractivity contribution in [1.29, 1.82) is 0 Å². The van der Waals surface area contributed by atoms with Crippen LogP contribution in [0.25, 0.3) is 0 Å². The van der Waals surface area contributed by atoms with Crippen LogP contribution >= 0.6 is 11.1 Å². The number of hydrogen-bond donors (Lipinski definition) is 1. The second-order valence-corrected chi connectivity index (χ2v) is 8.68. The van der Waals surface area contributed by atoms with E-state index in [0.717, 1.165) is 6.41 Å². The van der Waals surface area contributed by atoms with E-state index >= 15 is 0 Å². The fourth-order valence-electron chi connectivity index (χ4n) is 0. The van der Waals surface area contributed by atoms with Crippen molar-refractivity contribution >= 4 is 25.0 Å². The maximum absolute atomic E-state index is 9.43. The highest BCUT2D eigenvalue weighted by atomic mass is 35.6. The van der Waals surface area contributed by atoms with Gasteiger partial charge < -0.3 is 10.3 Å². The molecule has 0 atom stereocenters. The van der Waals surface area contributed by atoms with Gasteiger partial charge in [0, 0.05) is 14.1 Å². The zero-order valence-corrected chi connectivity index (χ0v) is 8.64. The number of halogens is 1. The van der Waals surface area contributed by atoms with Gasteiger partial charge in [-0.25, -0.2) is 0 Å². The van der Waals surface area contributed by atoms with Crippen LogP contribution in [0.5, 0.6) is 0 Å². The summed E-state index contributed by atoms with van der Waals surface area (Å²) < 4.78 is 0. The van der Waals surface area contributed by atoms with Gasteiger partial charge in [-0.2, -0.15) is 0 Å². The second kappa shape index (κ2) is 5.70. The first-order valence-corrected chi connectivity index (χ1v) is 6.96. The fourth-order valence-corrected chi connectivity index (χ4v) is 0. The Hall–Kier alpha value is -0.0631. The average Bonchev–Trinajstić information content (AvgIpc) is 1.61. The molecule has 2 N–H and O–H groups in total. The smallest absolute Gasteiger partial charge is 0.217 e. The highest BCUT2D eigenvalue weighted by Crippen LogP contribution is 1.93. The van der Waals surface area contributed by atoms with Crippen molar-refractivity contribution in [2.45, 2.75) is 13.1 Å². The van der Waals surface area contributed by atoms with Gasteiger partial charge in [0.15, 0.2) is 0 Å². The van der Waals surface area contributed by atoms with Crippen molar-refractivity contribution < 1.29 is 4.79 Å². The number of carbonyl (C=O) groups excluding carboxylic acids is 1. The first-order chi connectivity index (χ1) is 4.27. The Morgan fingerprint density at radius 2 is 1.60 bits per heavy atom. The quantitative estimate of drug-likeness (QED) is 0.367. The molecule has 0 aromatic carbocycles. The monoisotopic (exact) mass is 182 g/mol. The van der Waals surface area contributed by atoms with Crippen molar-refractivity contribution in [2.24, 2.45) is 5.40 Å². The van der Waals surface area contributed by atoms with Gasteiger partial charge in [0.2, 0.25) is 14.0 Å². The van der Waals surface area contributed by atoms with E-state index in [4.69, 9.17) is 16.5 Å². The van der Waals surface area contributed by atoms with Crippen molar-refractivity contribution in [3.05, 3.63) is 0 Å². The van der Waals surface area contributed by atoms with Gasteiger partial charge in [-0.1, -0.05) is 0 Å². The molecule has 0 bridgehead atoms. The molecule has 0 heterocycles. The van der Waals surface area contributed by atoms with Crippen LogP contribution in [0.3, 0.4) is 0 Å². The molecule has 0 saturated heterocycles. The Morgan fingerprint density at radius 3 is 1.60 bits per heavy atom. The molecule has 0 rings (SSSR count). The molecule has 0 fully saturated rings. The van der Waals surface area contributed by atoms with Gasteiger partial charge in [0.05, 0.1) is 0 Å². The summed E-state index contributed by atoms with van der Waals surface area (Å²) in [6.07, 6.45) is 0.750. The predicted octanol–water partition coefficient (Wildman–Crippen LogP) is 0.590. The van der Waals surface area contributed by atoms with Crippen LogP contribution in [0.2, 0.25) is 13.1 Å². The Bertz CT molecular complexity index is 86.1. The minimum absolute atomic E-state index is 0.750. The molecule has 3 nitrogen and oxygen atoms in total. The SMILES string of the molecule is CN(C)C=O.C[Si](C)(N)Cl. The second-order valence-electron chi connectivity index (χ2n) is 2.63. The summed E-state index contributed by atoms with van der Waals surface area (Å²) in [4.78, 5) is 10.9. The zero-order chi connectivity index (χ0) is 8.78. The molecule has 0 radical (unpaired) electrons. The van der Waals surface area contributed by atoms with Crippen LogP contribution in [0.4, 0.5) is 0 Å². The van der Waals surface area contributed by atoms with Crippen LogP contribution in [0, 0.1) is 0 Å². The molecular weight excluding hydrogens is 168 g/mol. The van der Waals surface area contributed by atoms with Crippen LogP contribution < -0.4 is 5.40 Å². The summed E-state index contributed by atoms with van der Waals surface area (Å²) in [7, 11) is 1.74. The molecule has 0 spiro atoms. The third-order valence-corrected chi connectivity index (χ3v) is 0.211. The van der Waals surface area contributed by atoms with Crippen molar-refractivity contribution in [3.8, 4) is 0 Å². The van der Waals surface area contributed by atoms with Crippen molar-refractivity contribution in [1.82, 2.24) is 4.90 Å². The Labute approximate surface area is 67.9 Å². The number of carbonyl (C=O) groups is 1.